The maximum Gasteiger partial charge on any atom is 0.123 e. The smallest absolute Gasteiger partial charge is 0.123 e. The van der Waals surface area contributed by atoms with Crippen molar-refractivity contribution < 1.29 is 0 Å². The number of aryl methyl sites for hydroxylation is 1. The molecule has 2 aromatic rings. The molecule has 0 radical (unpaired) electrons. The second-order valence-electron chi connectivity index (χ2n) is 3.56. The number of pyridine rings is 1. The van der Waals surface area contributed by atoms with Crippen LogP contribution in [0.5, 0.6) is 0 Å². The maximum atomic E-state index is 5.53. The van der Waals surface area contributed by atoms with Crippen molar-refractivity contribution >= 4 is 33.1 Å². The molecule has 3 nitrogen and oxygen atoms in total. The lowest BCUT2D eigenvalue weighted by atomic mass is 10.2. The van der Waals surface area contributed by atoms with Gasteiger partial charge in [0.25, 0.3) is 0 Å². The number of nitrogens with one attached hydrogen (secondary N) is 1. The van der Waals surface area contributed by atoms with Gasteiger partial charge in [0.05, 0.1) is 11.9 Å². The minimum absolute atomic E-state index is 0.525. The van der Waals surface area contributed by atoms with Gasteiger partial charge in [0.2, 0.25) is 0 Å². The lowest BCUT2D eigenvalue weighted by Crippen LogP contribution is -1.95. The van der Waals surface area contributed by atoms with Gasteiger partial charge in [-0.15, -0.1) is 0 Å². The van der Waals surface area contributed by atoms with Crippen molar-refractivity contribution in [3.63, 3.8) is 0 Å². The summed E-state index contributed by atoms with van der Waals surface area (Å²) >= 11 is 3.45. The number of nitrogens with two attached hydrogens (primary N) is 1. The fourth-order valence-electron chi connectivity index (χ4n) is 1.36. The zero-order valence-electron chi connectivity index (χ0n) is 8.87. The summed E-state index contributed by atoms with van der Waals surface area (Å²) in [4.78, 5) is 4.03. The highest BCUT2D eigenvalue weighted by molar-refractivity contribution is 9.10. The van der Waals surface area contributed by atoms with Gasteiger partial charge in [0.1, 0.15) is 5.82 Å². The molecule has 0 atom stereocenters. The zero-order valence-corrected chi connectivity index (χ0v) is 10.5. The normalized spacial score (nSPS) is 10.1. The number of halogens is 1. The molecule has 4 heteroatoms. The molecule has 0 fully saturated rings. The van der Waals surface area contributed by atoms with Crippen LogP contribution >= 0.6 is 15.9 Å². The number of aromatic nitrogens is 1. The van der Waals surface area contributed by atoms with E-state index in [4.69, 9.17) is 5.73 Å². The van der Waals surface area contributed by atoms with Gasteiger partial charge in [-0.3, -0.25) is 0 Å². The van der Waals surface area contributed by atoms with E-state index < -0.39 is 0 Å². The number of anilines is 3. The Bertz CT molecular complexity index is 494. The molecule has 0 saturated heterocycles. The lowest BCUT2D eigenvalue weighted by molar-refractivity contribution is 1.32. The van der Waals surface area contributed by atoms with Crippen LogP contribution in [0.4, 0.5) is 17.2 Å². The summed E-state index contributed by atoms with van der Waals surface area (Å²) in [7, 11) is 0. The van der Waals surface area contributed by atoms with Crippen molar-refractivity contribution in [2.24, 2.45) is 0 Å². The molecule has 2 rings (SSSR count). The number of hydrogen-bond donors (Lipinski definition) is 2. The fourth-order valence-corrected chi connectivity index (χ4v) is 1.72. The van der Waals surface area contributed by atoms with Crippen LogP contribution in [0.25, 0.3) is 0 Å². The third-order valence-electron chi connectivity index (χ3n) is 2.26. The van der Waals surface area contributed by atoms with Gasteiger partial charge < -0.3 is 11.1 Å². The molecule has 0 bridgehead atoms. The lowest BCUT2D eigenvalue weighted by Gasteiger charge is -2.09. The van der Waals surface area contributed by atoms with E-state index in [2.05, 4.69) is 39.2 Å². The average molecular weight is 278 g/mol. The molecule has 1 aromatic heterocycles. The van der Waals surface area contributed by atoms with Gasteiger partial charge in [-0.25, -0.2) is 4.98 Å². The minimum atomic E-state index is 0.525. The first-order valence-electron chi connectivity index (χ1n) is 4.90. The summed E-state index contributed by atoms with van der Waals surface area (Å²) in [6, 6.07) is 9.78. The Morgan fingerprint density at radius 1 is 1.25 bits per heavy atom. The van der Waals surface area contributed by atoms with Gasteiger partial charge in [-0.05, 0) is 36.8 Å². The van der Waals surface area contributed by atoms with Gasteiger partial charge in [0.15, 0.2) is 0 Å². The molecule has 0 amide bonds. The molecule has 3 N–H and O–H groups in total. The van der Waals surface area contributed by atoms with E-state index in [0.29, 0.717) is 5.82 Å². The van der Waals surface area contributed by atoms with Crippen LogP contribution in [0.1, 0.15) is 5.56 Å². The van der Waals surface area contributed by atoms with E-state index in [0.717, 1.165) is 15.8 Å². The predicted molar refractivity (Wildman–Crippen MR) is 70.8 cm³/mol. The molecule has 0 aliphatic rings. The van der Waals surface area contributed by atoms with Crippen LogP contribution in [0.3, 0.4) is 0 Å². The van der Waals surface area contributed by atoms with Crippen LogP contribution in [-0.4, -0.2) is 4.98 Å². The second-order valence-corrected chi connectivity index (χ2v) is 4.47. The highest BCUT2D eigenvalue weighted by atomic mass is 79.9. The van der Waals surface area contributed by atoms with E-state index in [1.54, 1.807) is 12.3 Å². The summed E-state index contributed by atoms with van der Waals surface area (Å²) in [5.74, 6) is 0.525. The van der Waals surface area contributed by atoms with Crippen molar-refractivity contribution in [1.29, 1.82) is 0 Å². The van der Waals surface area contributed by atoms with E-state index in [-0.39, 0.29) is 0 Å². The van der Waals surface area contributed by atoms with Crippen LogP contribution in [0, 0.1) is 6.92 Å². The average Bonchev–Trinajstić information content (AvgIpc) is 2.27. The predicted octanol–water partition coefficient (Wildman–Crippen LogP) is 3.48. The van der Waals surface area contributed by atoms with Crippen molar-refractivity contribution in [3.05, 3.63) is 46.6 Å². The summed E-state index contributed by atoms with van der Waals surface area (Å²) < 4.78 is 1.05. The molecule has 0 unspecified atom stereocenters. The van der Waals surface area contributed by atoms with Crippen LogP contribution in [0.2, 0.25) is 0 Å². The second kappa shape index (κ2) is 4.53. The largest absolute Gasteiger partial charge is 0.384 e. The topological polar surface area (TPSA) is 50.9 Å². The Kier molecular flexibility index (Phi) is 3.10. The molecule has 0 aliphatic carbocycles. The Labute approximate surface area is 103 Å². The Morgan fingerprint density at radius 2 is 2.06 bits per heavy atom. The summed E-state index contributed by atoms with van der Waals surface area (Å²) in [5.41, 5.74) is 8.69. The minimum Gasteiger partial charge on any atom is -0.384 e. The monoisotopic (exact) mass is 277 g/mol. The highest BCUT2D eigenvalue weighted by Gasteiger charge is 2.00. The van der Waals surface area contributed by atoms with Crippen molar-refractivity contribution in [2.45, 2.75) is 6.92 Å². The molecular formula is C12H12BrN3. The van der Waals surface area contributed by atoms with E-state index in [1.165, 1.54) is 5.56 Å². The number of benzene rings is 1. The quantitative estimate of drug-likeness (QED) is 0.884. The molecule has 1 aromatic carbocycles. The number of nitrogen functional groups attached to an aromatic ring is 1. The van der Waals surface area contributed by atoms with E-state index in [9.17, 15) is 0 Å². The molecule has 1 heterocycles. The van der Waals surface area contributed by atoms with E-state index in [1.807, 2.05) is 18.2 Å². The third-order valence-corrected chi connectivity index (χ3v) is 2.76. The SMILES string of the molecule is Cc1ccc(Br)cc1Nc1ccc(N)nc1. The number of rotatable bonds is 2. The molecule has 0 spiro atoms. The standard InChI is InChI=1S/C12H12BrN3/c1-8-2-3-9(13)6-11(8)16-10-4-5-12(14)15-7-10/h2-7,16H,1H3,(H2,14,15). The maximum absolute atomic E-state index is 5.53. The first kappa shape index (κ1) is 11.0. The Balaban J connectivity index is 2.26. The van der Waals surface area contributed by atoms with Crippen LogP contribution in [0.15, 0.2) is 41.0 Å². The first-order chi connectivity index (χ1) is 7.65. The zero-order chi connectivity index (χ0) is 11.5. The molecule has 82 valence electrons. The Morgan fingerprint density at radius 3 is 2.75 bits per heavy atom. The van der Waals surface area contributed by atoms with Gasteiger partial charge in [-0.2, -0.15) is 0 Å². The molecule has 0 aliphatic heterocycles. The van der Waals surface area contributed by atoms with Gasteiger partial charge in [0, 0.05) is 10.2 Å². The summed E-state index contributed by atoms with van der Waals surface area (Å²) in [5, 5.41) is 3.29. The Hall–Kier alpha value is -1.55. The van der Waals surface area contributed by atoms with Crippen LogP contribution < -0.4 is 11.1 Å². The summed E-state index contributed by atoms with van der Waals surface area (Å²) in [6.07, 6.45) is 1.72. The number of nitrogens with zero attached hydrogens (tertiary/aromatic N) is 1. The third kappa shape index (κ3) is 2.52. The van der Waals surface area contributed by atoms with E-state index >= 15 is 0 Å². The fraction of sp³-hybridized carbons (Fsp3) is 0.0833. The van der Waals surface area contributed by atoms with Crippen molar-refractivity contribution in [1.82, 2.24) is 4.98 Å². The van der Waals surface area contributed by atoms with Crippen LogP contribution in [-0.2, 0) is 0 Å². The molecule has 16 heavy (non-hydrogen) atoms. The van der Waals surface area contributed by atoms with Crippen molar-refractivity contribution in [2.75, 3.05) is 11.1 Å². The highest BCUT2D eigenvalue weighted by Crippen LogP contribution is 2.24. The first-order valence-corrected chi connectivity index (χ1v) is 5.69. The van der Waals surface area contributed by atoms with Crippen molar-refractivity contribution in [3.8, 4) is 0 Å². The molecular weight excluding hydrogens is 266 g/mol. The summed E-state index contributed by atoms with van der Waals surface area (Å²) in [6.45, 7) is 2.06. The van der Waals surface area contributed by atoms with Gasteiger partial charge >= 0.3 is 0 Å². The number of hydrogen-bond acceptors (Lipinski definition) is 3. The molecule has 0 saturated carbocycles. The van der Waals surface area contributed by atoms with Gasteiger partial charge in [-0.1, -0.05) is 22.0 Å².